The average Bonchev–Trinajstić information content (AvgIpc) is 3.55. The Morgan fingerprint density at radius 2 is 0.896 bits per heavy atom. The van der Waals surface area contributed by atoms with Crippen LogP contribution in [0.25, 0.3) is 43.8 Å². The first kappa shape index (κ1) is 45.8. The molecule has 6 rings (SSSR count). The summed E-state index contributed by atoms with van der Waals surface area (Å²) in [5, 5.41) is 5.41. The Hall–Kier alpha value is -2.22. The van der Waals surface area contributed by atoms with E-state index in [0.29, 0.717) is 5.92 Å². The van der Waals surface area contributed by atoms with Crippen LogP contribution in [0, 0.1) is 21.8 Å². The van der Waals surface area contributed by atoms with Crippen LogP contribution >= 0.6 is 24.8 Å². The van der Waals surface area contributed by atoms with Crippen LogP contribution in [-0.2, 0) is 34.2 Å². The number of rotatable bonds is 3. The molecule has 4 heteroatoms. The third-order valence-electron chi connectivity index (χ3n) is 8.53. The maximum absolute atomic E-state index is 3.06. The summed E-state index contributed by atoms with van der Waals surface area (Å²) in [6.45, 7) is 23.4. The number of hydrogen-bond acceptors (Lipinski definition) is 0. The summed E-state index contributed by atoms with van der Waals surface area (Å²) in [5.41, 5.74) is 11.4. The third kappa shape index (κ3) is 10.4. The van der Waals surface area contributed by atoms with Crippen molar-refractivity contribution in [2.24, 2.45) is 0 Å². The number of aryl methyl sites for hydroxylation is 1. The molecule has 0 saturated carbocycles. The minimum atomic E-state index is 0. The van der Waals surface area contributed by atoms with Crippen LogP contribution in [0.15, 0.2) is 109 Å². The molecule has 0 N–H and O–H groups in total. The van der Waals surface area contributed by atoms with Gasteiger partial charge in [-0.05, 0) is 27.9 Å². The Bertz CT molecular complexity index is 1830. The normalized spacial score (nSPS) is 10.7. The van der Waals surface area contributed by atoms with E-state index in [-0.39, 0.29) is 50.5 Å². The number of hydrogen-bond donors (Lipinski definition) is 0. The SMILES string of the molecule is CC(C)c1[cH-]c2ccccc2c1-c1ccc(C(C)(C)C)cc1.Cc1[cH-]c2ccccc2c1-c1ccc(C(C)(C)C)cc1.Cl.Cl.[CH3-].[CH3-].[Si]=[Zr]. The second-order valence-corrected chi connectivity index (χ2v) is 14.2. The summed E-state index contributed by atoms with van der Waals surface area (Å²) >= 11 is 1.36. The van der Waals surface area contributed by atoms with Crippen LogP contribution in [-0.4, -0.2) is 6.88 Å². The summed E-state index contributed by atoms with van der Waals surface area (Å²) in [6.07, 6.45) is 0. The molecular formula is C44H54Cl2SiZr-4. The van der Waals surface area contributed by atoms with E-state index in [1.165, 1.54) is 89.4 Å². The van der Waals surface area contributed by atoms with Gasteiger partial charge in [0.25, 0.3) is 0 Å². The topological polar surface area (TPSA) is 0 Å². The monoisotopic (exact) mass is 770 g/mol. The van der Waals surface area contributed by atoms with Crippen LogP contribution in [0.4, 0.5) is 0 Å². The Labute approximate surface area is 321 Å². The van der Waals surface area contributed by atoms with Gasteiger partial charge >= 0.3 is 30.2 Å². The molecule has 48 heavy (non-hydrogen) atoms. The van der Waals surface area contributed by atoms with Gasteiger partial charge in [0.2, 0.25) is 0 Å². The van der Waals surface area contributed by atoms with Crippen molar-refractivity contribution in [3.8, 4) is 22.3 Å². The molecule has 0 aliphatic carbocycles. The van der Waals surface area contributed by atoms with Gasteiger partial charge in [0, 0.05) is 0 Å². The van der Waals surface area contributed by atoms with Crippen LogP contribution in [0.5, 0.6) is 0 Å². The summed E-state index contributed by atoms with van der Waals surface area (Å²) in [5.74, 6) is 0.532. The molecule has 2 radical (unpaired) electrons. The van der Waals surface area contributed by atoms with Gasteiger partial charge in [-0.2, -0.15) is 0 Å². The quantitative estimate of drug-likeness (QED) is 0.124. The molecule has 0 unspecified atom stereocenters. The molecule has 0 spiro atoms. The molecule has 0 aliphatic rings. The number of benzene rings is 4. The van der Waals surface area contributed by atoms with Gasteiger partial charge in [-0.15, -0.1) is 117 Å². The van der Waals surface area contributed by atoms with E-state index in [1.807, 2.05) is 0 Å². The zero-order valence-electron chi connectivity index (χ0n) is 30.8. The predicted octanol–water partition coefficient (Wildman–Crippen LogP) is 13.8. The van der Waals surface area contributed by atoms with Crippen LogP contribution in [0.1, 0.15) is 83.6 Å². The molecule has 0 aliphatic heterocycles. The molecule has 0 saturated heterocycles. The first-order chi connectivity index (χ1) is 20.8. The fourth-order valence-corrected chi connectivity index (χ4v) is 6.05. The van der Waals surface area contributed by atoms with Gasteiger partial charge < -0.3 is 14.9 Å². The zero-order chi connectivity index (χ0) is 32.2. The van der Waals surface area contributed by atoms with E-state index in [0.717, 1.165) is 0 Å². The Morgan fingerprint density at radius 1 is 0.542 bits per heavy atom. The Kier molecular flexibility index (Phi) is 18.4. The standard InChI is InChI=1S/C22H25.C20H21.2CH3.2ClH.Si.Zr/c1-15(2)20-14-17-8-6-7-9-19(17)21(20)16-10-12-18(13-11-16)22(3,4)5;1-14-13-16-7-5-6-8-18(16)19(14)15-9-11-17(12-10-15)20(2,3)4;;;;;;/h6-15H,1-5H3;5-13H,1-4H3;2*1H3;2*1H;;/q4*-1;;;;. The van der Waals surface area contributed by atoms with E-state index in [4.69, 9.17) is 0 Å². The van der Waals surface area contributed by atoms with E-state index >= 15 is 0 Å². The molecule has 0 aromatic heterocycles. The fourth-order valence-electron chi connectivity index (χ4n) is 6.05. The van der Waals surface area contributed by atoms with Crippen molar-refractivity contribution in [3.63, 3.8) is 0 Å². The van der Waals surface area contributed by atoms with Crippen molar-refractivity contribution in [2.45, 2.75) is 79.1 Å². The van der Waals surface area contributed by atoms with Crippen molar-refractivity contribution in [1.29, 1.82) is 0 Å². The summed E-state index contributed by atoms with van der Waals surface area (Å²) < 4.78 is 0. The van der Waals surface area contributed by atoms with Gasteiger partial charge in [0.1, 0.15) is 0 Å². The average molecular weight is 773 g/mol. The third-order valence-corrected chi connectivity index (χ3v) is 8.53. The van der Waals surface area contributed by atoms with E-state index in [2.05, 4.69) is 178 Å². The van der Waals surface area contributed by atoms with Crippen molar-refractivity contribution in [1.82, 2.24) is 0 Å². The van der Waals surface area contributed by atoms with E-state index in [1.54, 1.807) is 0 Å². The minimum absolute atomic E-state index is 0. The molecule has 0 bridgehead atoms. The summed E-state index contributed by atoms with van der Waals surface area (Å²) in [4.78, 5) is 0. The molecular weight excluding hydrogens is 719 g/mol. The second-order valence-electron chi connectivity index (χ2n) is 14.2. The van der Waals surface area contributed by atoms with Gasteiger partial charge in [-0.3, -0.25) is 0 Å². The Morgan fingerprint density at radius 3 is 1.29 bits per heavy atom. The van der Waals surface area contributed by atoms with E-state index < -0.39 is 0 Å². The van der Waals surface area contributed by atoms with Crippen LogP contribution in [0.3, 0.4) is 0 Å². The van der Waals surface area contributed by atoms with Gasteiger partial charge in [0.15, 0.2) is 0 Å². The molecule has 0 amide bonds. The van der Waals surface area contributed by atoms with Crippen molar-refractivity contribution in [2.75, 3.05) is 0 Å². The molecule has 6 aromatic carbocycles. The van der Waals surface area contributed by atoms with Crippen molar-refractivity contribution in [3.05, 3.63) is 146 Å². The second kappa shape index (κ2) is 19.2. The summed E-state index contributed by atoms with van der Waals surface area (Å²) in [6, 6.07) is 40.2. The van der Waals surface area contributed by atoms with E-state index in [9.17, 15) is 0 Å². The first-order valence-electron chi connectivity index (χ1n) is 15.6. The van der Waals surface area contributed by atoms with Gasteiger partial charge in [-0.1, -0.05) is 134 Å². The van der Waals surface area contributed by atoms with Crippen molar-refractivity contribution < 1.29 is 23.3 Å². The predicted molar refractivity (Wildman–Crippen MR) is 219 cm³/mol. The Balaban J connectivity index is 0.000000813. The van der Waals surface area contributed by atoms with Gasteiger partial charge in [0.05, 0.1) is 0 Å². The molecule has 0 nitrogen and oxygen atoms in total. The first-order valence-corrected chi connectivity index (χ1v) is 19.8. The molecule has 6 aromatic rings. The fraction of sp³-hybridized carbons (Fsp3) is 0.273. The molecule has 0 atom stereocenters. The zero-order valence-corrected chi connectivity index (χ0v) is 35.9. The maximum atomic E-state index is 3.06. The molecule has 256 valence electrons. The van der Waals surface area contributed by atoms with Gasteiger partial charge in [-0.25, -0.2) is 0 Å². The number of fused-ring (bicyclic) bond motifs is 2. The number of halogens is 2. The molecule has 0 heterocycles. The molecule has 0 fully saturated rings. The van der Waals surface area contributed by atoms with Crippen LogP contribution < -0.4 is 0 Å². The summed E-state index contributed by atoms with van der Waals surface area (Å²) in [7, 11) is 0. The van der Waals surface area contributed by atoms with Crippen LogP contribution in [0.2, 0.25) is 0 Å². The van der Waals surface area contributed by atoms with Crippen molar-refractivity contribution >= 4 is 53.2 Å².